The van der Waals surface area contributed by atoms with Gasteiger partial charge >= 0.3 is 6.03 Å². The van der Waals surface area contributed by atoms with Gasteiger partial charge < -0.3 is 16.0 Å². The summed E-state index contributed by atoms with van der Waals surface area (Å²) >= 11 is 0. The van der Waals surface area contributed by atoms with Crippen molar-refractivity contribution in [1.82, 2.24) is 29.8 Å². The van der Waals surface area contributed by atoms with Gasteiger partial charge in [-0.3, -0.25) is 4.98 Å². The molecule has 212 valence electrons. The van der Waals surface area contributed by atoms with E-state index >= 15 is 0 Å². The molecule has 4 aromatic rings. The topological polar surface area (TPSA) is 136 Å². The zero-order valence-electron chi connectivity index (χ0n) is 23.5. The van der Waals surface area contributed by atoms with Crippen molar-refractivity contribution < 1.29 is 13.2 Å². The van der Waals surface area contributed by atoms with Gasteiger partial charge in [0.25, 0.3) is 0 Å². The highest BCUT2D eigenvalue weighted by Gasteiger charge is 2.27. The number of pyridine rings is 1. The van der Waals surface area contributed by atoms with Crippen LogP contribution >= 0.6 is 0 Å². The Morgan fingerprint density at radius 3 is 2.42 bits per heavy atom. The van der Waals surface area contributed by atoms with Crippen LogP contribution in [-0.4, -0.2) is 64.3 Å². The van der Waals surface area contributed by atoms with E-state index in [9.17, 15) is 13.2 Å². The predicted octanol–water partition coefficient (Wildman–Crippen LogP) is 4.60. The van der Waals surface area contributed by atoms with Crippen molar-refractivity contribution in [3.63, 3.8) is 0 Å². The van der Waals surface area contributed by atoms with Crippen LogP contribution in [0.25, 0.3) is 28.0 Å². The fraction of sp³-hybridized carbons (Fsp3) is 0.379. The third-order valence-electron chi connectivity index (χ3n) is 6.90. The number of fused-ring (bicyclic) bond motifs is 1. The number of aryl methyl sites for hydroxylation is 1. The highest BCUT2D eigenvalue weighted by atomic mass is 32.2. The zero-order chi connectivity index (χ0) is 28.9. The quantitative estimate of drug-likeness (QED) is 0.272. The number of aromatic nitrogens is 4. The van der Waals surface area contributed by atoms with Gasteiger partial charge in [-0.1, -0.05) is 50.2 Å². The first-order valence-corrected chi connectivity index (χ1v) is 15.5. The van der Waals surface area contributed by atoms with Crippen molar-refractivity contribution in [3.8, 4) is 22.4 Å². The Bertz CT molecular complexity index is 1570. The molecule has 3 N–H and O–H groups in total. The number of nitrogens with one attached hydrogen (secondary N) is 1. The largest absolute Gasteiger partial charge is 0.382 e. The summed E-state index contributed by atoms with van der Waals surface area (Å²) < 4.78 is 27.1. The first kappa shape index (κ1) is 29.0. The number of urea groups is 1. The van der Waals surface area contributed by atoms with Crippen molar-refractivity contribution in [3.05, 3.63) is 60.6 Å². The monoisotopic (exact) mass is 563 g/mol. The number of nitrogens with zero attached hydrogens (tertiary/aromatic N) is 5. The molecule has 2 amide bonds. The molecular weight excluding hydrogens is 526 g/mol. The van der Waals surface area contributed by atoms with Crippen LogP contribution in [0.15, 0.2) is 59.8 Å². The average molecular weight is 564 g/mol. The molecule has 0 unspecified atom stereocenters. The van der Waals surface area contributed by atoms with Gasteiger partial charge in [0, 0.05) is 48.3 Å². The molecule has 1 aromatic carbocycles. The van der Waals surface area contributed by atoms with E-state index in [1.807, 2.05) is 68.1 Å². The summed E-state index contributed by atoms with van der Waals surface area (Å²) in [4.78, 5) is 24.0. The second kappa shape index (κ2) is 12.5. The predicted molar refractivity (Wildman–Crippen MR) is 158 cm³/mol. The number of anilines is 1. The molecule has 40 heavy (non-hydrogen) atoms. The van der Waals surface area contributed by atoms with E-state index in [2.05, 4.69) is 15.4 Å². The van der Waals surface area contributed by atoms with Gasteiger partial charge in [0.2, 0.25) is 0 Å². The zero-order valence-corrected chi connectivity index (χ0v) is 24.3. The minimum Gasteiger partial charge on any atom is -0.382 e. The smallest absolute Gasteiger partial charge is 0.317 e. The van der Waals surface area contributed by atoms with Crippen LogP contribution in [0.4, 0.5) is 10.6 Å². The van der Waals surface area contributed by atoms with Crippen LogP contribution in [-0.2, 0) is 16.3 Å². The number of carbonyl (C=O) groups is 1. The van der Waals surface area contributed by atoms with Crippen molar-refractivity contribution in [2.75, 3.05) is 25.1 Å². The third kappa shape index (κ3) is 6.09. The van der Waals surface area contributed by atoms with Gasteiger partial charge in [0.05, 0.1) is 17.6 Å². The summed E-state index contributed by atoms with van der Waals surface area (Å²) in [7, 11) is -3.71. The van der Waals surface area contributed by atoms with Crippen molar-refractivity contribution in [2.45, 2.75) is 57.4 Å². The molecule has 4 rings (SSSR count). The second-order valence-electron chi connectivity index (χ2n) is 9.77. The number of hydrogen-bond acceptors (Lipinski definition) is 7. The maximum absolute atomic E-state index is 12.9. The van der Waals surface area contributed by atoms with Crippen LogP contribution in [0.3, 0.4) is 0 Å². The molecule has 0 fully saturated rings. The molecule has 3 heterocycles. The minimum absolute atomic E-state index is 0.0183. The van der Waals surface area contributed by atoms with E-state index in [-0.39, 0.29) is 22.8 Å². The number of nitrogen functional groups attached to an aromatic ring is 1. The molecule has 0 saturated heterocycles. The molecule has 11 heteroatoms. The van der Waals surface area contributed by atoms with Gasteiger partial charge in [0.15, 0.2) is 15.5 Å². The van der Waals surface area contributed by atoms with Crippen LogP contribution in [0.5, 0.6) is 0 Å². The van der Waals surface area contributed by atoms with E-state index in [1.54, 1.807) is 12.4 Å². The molecule has 0 bridgehead atoms. The summed E-state index contributed by atoms with van der Waals surface area (Å²) in [6, 6.07) is 13.5. The summed E-state index contributed by atoms with van der Waals surface area (Å²) in [5, 5.41) is 7.26. The van der Waals surface area contributed by atoms with Gasteiger partial charge in [-0.05, 0) is 38.7 Å². The first-order valence-electron chi connectivity index (χ1n) is 13.6. The number of hydrogen-bond donors (Lipinski definition) is 2. The number of carbonyl (C=O) groups excluding carboxylic acids is 1. The summed E-state index contributed by atoms with van der Waals surface area (Å²) in [6.07, 6.45) is 6.91. The van der Waals surface area contributed by atoms with Crippen molar-refractivity contribution in [1.29, 1.82) is 0 Å². The lowest BCUT2D eigenvalue weighted by Crippen LogP contribution is -2.46. The van der Waals surface area contributed by atoms with E-state index < -0.39 is 9.84 Å². The Hall–Kier alpha value is -3.99. The SMILES string of the molecule is CCCN(C(=O)NCC)[C@H](CC)CCc1nc2c(-c3ccc(-c4ccccc4)nc3)cnn2c(N)c1S(C)(=O)=O. The maximum atomic E-state index is 12.9. The van der Waals surface area contributed by atoms with Crippen LogP contribution in [0.2, 0.25) is 0 Å². The van der Waals surface area contributed by atoms with E-state index in [0.717, 1.165) is 35.9 Å². The molecule has 3 aromatic heterocycles. The Balaban J connectivity index is 1.73. The van der Waals surface area contributed by atoms with Crippen LogP contribution in [0.1, 0.15) is 45.7 Å². The maximum Gasteiger partial charge on any atom is 0.317 e. The molecular formula is C29H37N7O3S. The molecule has 10 nitrogen and oxygen atoms in total. The van der Waals surface area contributed by atoms with Gasteiger partial charge in [0.1, 0.15) is 10.7 Å². The lowest BCUT2D eigenvalue weighted by molar-refractivity contribution is 0.168. The molecule has 0 spiro atoms. The Labute approximate surface area is 235 Å². The molecule has 0 aliphatic heterocycles. The molecule has 0 saturated carbocycles. The highest BCUT2D eigenvalue weighted by molar-refractivity contribution is 7.91. The Morgan fingerprint density at radius 2 is 1.82 bits per heavy atom. The van der Waals surface area contributed by atoms with Crippen LogP contribution in [0, 0.1) is 0 Å². The number of nitrogens with two attached hydrogens (primary N) is 1. The normalized spacial score (nSPS) is 12.4. The van der Waals surface area contributed by atoms with E-state index in [4.69, 9.17) is 10.7 Å². The Morgan fingerprint density at radius 1 is 1.07 bits per heavy atom. The van der Waals surface area contributed by atoms with E-state index in [1.165, 1.54) is 4.52 Å². The second-order valence-corrected chi connectivity index (χ2v) is 11.7. The number of rotatable bonds is 11. The standard InChI is InChI=1S/C29H37N7O3S/c1-5-17-35(29(37)31-7-3)22(6-2)14-16-25-26(40(4,38)39)27(30)36-28(34-25)23(19-33-36)21-13-15-24(32-18-21)20-11-9-8-10-12-20/h8-13,15,18-19,22H,5-7,14,16-17,30H2,1-4H3,(H,31,37)/t22-/m1/s1. The molecule has 1 atom stereocenters. The van der Waals surface area contributed by atoms with E-state index in [0.29, 0.717) is 42.8 Å². The lowest BCUT2D eigenvalue weighted by Gasteiger charge is -2.31. The summed E-state index contributed by atoms with van der Waals surface area (Å²) in [6.45, 7) is 7.08. The van der Waals surface area contributed by atoms with Crippen LogP contribution < -0.4 is 11.1 Å². The van der Waals surface area contributed by atoms with Crippen molar-refractivity contribution >= 4 is 27.3 Å². The molecule has 0 aliphatic carbocycles. The van der Waals surface area contributed by atoms with Gasteiger partial charge in [-0.25, -0.2) is 18.2 Å². The number of amides is 2. The lowest BCUT2D eigenvalue weighted by atomic mass is 10.0. The number of sulfone groups is 1. The molecule has 0 aliphatic rings. The van der Waals surface area contributed by atoms with Gasteiger partial charge in [-0.15, -0.1) is 0 Å². The third-order valence-corrected chi connectivity index (χ3v) is 8.09. The fourth-order valence-electron chi connectivity index (χ4n) is 4.99. The average Bonchev–Trinajstić information content (AvgIpc) is 3.37. The van der Waals surface area contributed by atoms with Crippen molar-refractivity contribution in [2.24, 2.45) is 0 Å². The summed E-state index contributed by atoms with van der Waals surface area (Å²) in [5.74, 6) is 0.0183. The highest BCUT2D eigenvalue weighted by Crippen LogP contribution is 2.31. The number of benzene rings is 1. The summed E-state index contributed by atoms with van der Waals surface area (Å²) in [5.41, 5.74) is 10.6. The Kier molecular flexibility index (Phi) is 9.03. The van der Waals surface area contributed by atoms with Gasteiger partial charge in [-0.2, -0.15) is 9.61 Å². The molecule has 0 radical (unpaired) electrons. The first-order chi connectivity index (χ1) is 19.2. The fourth-order valence-corrected chi connectivity index (χ4v) is 6.03. The minimum atomic E-state index is -3.71.